The van der Waals surface area contributed by atoms with Gasteiger partial charge in [-0.15, -0.1) is 0 Å². The molecule has 1 fully saturated rings. The molecule has 1 aliphatic heterocycles. The van der Waals surface area contributed by atoms with E-state index in [-0.39, 0.29) is 11.8 Å². The number of hydrogen-bond acceptors (Lipinski definition) is 3. The van der Waals surface area contributed by atoms with Crippen molar-refractivity contribution in [2.75, 3.05) is 27.2 Å². The summed E-state index contributed by atoms with van der Waals surface area (Å²) in [7, 11) is 3.39. The minimum atomic E-state index is 0.171. The van der Waals surface area contributed by atoms with E-state index in [9.17, 15) is 4.79 Å². The van der Waals surface area contributed by atoms with Gasteiger partial charge in [-0.05, 0) is 49.7 Å². The number of likely N-dealkylation sites (tertiary alicyclic amines) is 1. The Bertz CT molecular complexity index is 471. The number of methoxy groups -OCH3 is 1. The molecule has 4 nitrogen and oxygen atoms in total. The molecule has 0 saturated carbocycles. The maximum atomic E-state index is 11.6. The fourth-order valence-electron chi connectivity index (χ4n) is 2.60. The van der Waals surface area contributed by atoms with Crippen molar-refractivity contribution in [3.05, 3.63) is 28.2 Å². The molecule has 1 aliphatic rings. The average Bonchev–Trinajstić information content (AvgIpc) is 2.49. The Kier molecular flexibility index (Phi) is 5.43. The van der Waals surface area contributed by atoms with Gasteiger partial charge in [0.1, 0.15) is 5.75 Å². The molecule has 0 atom stereocenters. The van der Waals surface area contributed by atoms with Gasteiger partial charge >= 0.3 is 0 Å². The number of rotatable bonds is 4. The van der Waals surface area contributed by atoms with E-state index in [0.29, 0.717) is 0 Å². The number of ether oxygens (including phenoxy) is 1. The Labute approximate surface area is 128 Å². The Morgan fingerprint density at radius 2 is 2.15 bits per heavy atom. The third kappa shape index (κ3) is 3.73. The third-order valence-corrected chi connectivity index (χ3v) is 4.63. The lowest BCUT2D eigenvalue weighted by Crippen LogP contribution is -2.39. The maximum absolute atomic E-state index is 11.6. The molecule has 5 heteroatoms. The van der Waals surface area contributed by atoms with Gasteiger partial charge in [-0.1, -0.05) is 15.9 Å². The summed E-state index contributed by atoms with van der Waals surface area (Å²) in [6.07, 6.45) is 1.86. The summed E-state index contributed by atoms with van der Waals surface area (Å²) >= 11 is 3.59. The number of carbonyl (C=O) groups excluding carboxylic acids is 1. The Balaban J connectivity index is 1.94. The number of nitrogens with one attached hydrogen (secondary N) is 1. The predicted molar refractivity (Wildman–Crippen MR) is 82.8 cm³/mol. The van der Waals surface area contributed by atoms with E-state index >= 15 is 0 Å². The van der Waals surface area contributed by atoms with Crippen LogP contribution in [0.25, 0.3) is 0 Å². The van der Waals surface area contributed by atoms with Crippen molar-refractivity contribution >= 4 is 21.8 Å². The highest BCUT2D eigenvalue weighted by molar-refractivity contribution is 9.10. The smallest absolute Gasteiger partial charge is 0.222 e. The number of nitrogens with zero attached hydrogens (tertiary/aromatic N) is 1. The summed E-state index contributed by atoms with van der Waals surface area (Å²) in [5.74, 6) is 1.22. The van der Waals surface area contributed by atoms with Crippen LogP contribution in [0.4, 0.5) is 0 Å². The zero-order valence-electron chi connectivity index (χ0n) is 12.0. The first-order chi connectivity index (χ1) is 9.63. The molecule has 0 aliphatic carbocycles. The number of hydrogen-bond donors (Lipinski definition) is 1. The molecule has 0 radical (unpaired) electrons. The zero-order valence-corrected chi connectivity index (χ0v) is 13.6. The summed E-state index contributed by atoms with van der Waals surface area (Å²) in [5.41, 5.74) is 1.22. The van der Waals surface area contributed by atoms with Gasteiger partial charge in [0.25, 0.3) is 0 Å². The minimum Gasteiger partial charge on any atom is -0.497 e. The van der Waals surface area contributed by atoms with Gasteiger partial charge in [0, 0.05) is 24.0 Å². The fraction of sp³-hybridized carbons (Fsp3) is 0.533. The first kappa shape index (κ1) is 15.3. The van der Waals surface area contributed by atoms with Gasteiger partial charge in [0.2, 0.25) is 5.91 Å². The van der Waals surface area contributed by atoms with E-state index in [2.05, 4.69) is 32.2 Å². The third-order valence-electron chi connectivity index (χ3n) is 3.85. The van der Waals surface area contributed by atoms with Gasteiger partial charge in [-0.3, -0.25) is 9.69 Å². The molecule has 2 rings (SSSR count). The lowest BCUT2D eigenvalue weighted by molar-refractivity contribution is -0.125. The van der Waals surface area contributed by atoms with Crippen LogP contribution in [0.2, 0.25) is 0 Å². The first-order valence-corrected chi connectivity index (χ1v) is 7.69. The quantitative estimate of drug-likeness (QED) is 0.915. The van der Waals surface area contributed by atoms with Crippen LogP contribution in [0, 0.1) is 5.92 Å². The van der Waals surface area contributed by atoms with Gasteiger partial charge in [0.05, 0.1) is 7.11 Å². The van der Waals surface area contributed by atoms with Gasteiger partial charge in [-0.25, -0.2) is 0 Å². The lowest BCUT2D eigenvalue weighted by atomic mass is 9.95. The second-order valence-electron chi connectivity index (χ2n) is 5.12. The van der Waals surface area contributed by atoms with Crippen LogP contribution in [0.15, 0.2) is 22.7 Å². The normalized spacial score (nSPS) is 16.9. The monoisotopic (exact) mass is 340 g/mol. The van der Waals surface area contributed by atoms with Crippen LogP contribution in [-0.2, 0) is 11.3 Å². The SMILES string of the molecule is CNC(=O)C1CCN(Cc2cc(OC)ccc2Br)CC1. The molecule has 1 aromatic carbocycles. The van der Waals surface area contributed by atoms with E-state index in [4.69, 9.17) is 4.74 Å². The number of halogens is 1. The molecule has 1 saturated heterocycles. The molecular weight excluding hydrogens is 320 g/mol. The van der Waals surface area contributed by atoms with Gasteiger partial charge in [0.15, 0.2) is 0 Å². The van der Waals surface area contributed by atoms with Crippen molar-refractivity contribution in [2.45, 2.75) is 19.4 Å². The Morgan fingerprint density at radius 3 is 2.75 bits per heavy atom. The first-order valence-electron chi connectivity index (χ1n) is 6.90. The minimum absolute atomic E-state index is 0.171. The molecule has 0 bridgehead atoms. The highest BCUT2D eigenvalue weighted by Crippen LogP contribution is 2.26. The van der Waals surface area contributed by atoms with Crippen molar-refractivity contribution in [1.29, 1.82) is 0 Å². The van der Waals surface area contributed by atoms with Crippen molar-refractivity contribution in [2.24, 2.45) is 5.92 Å². The maximum Gasteiger partial charge on any atom is 0.222 e. The molecule has 0 spiro atoms. The zero-order chi connectivity index (χ0) is 14.5. The lowest BCUT2D eigenvalue weighted by Gasteiger charge is -2.31. The summed E-state index contributed by atoms with van der Waals surface area (Å²) in [4.78, 5) is 14.0. The van der Waals surface area contributed by atoms with Crippen molar-refractivity contribution in [1.82, 2.24) is 10.2 Å². The number of piperidine rings is 1. The standard InChI is InChI=1S/C15H21BrN2O2/c1-17-15(19)11-5-7-18(8-6-11)10-12-9-13(20-2)3-4-14(12)16/h3-4,9,11H,5-8,10H2,1-2H3,(H,17,19). The number of benzene rings is 1. The van der Waals surface area contributed by atoms with Crippen molar-refractivity contribution in [3.63, 3.8) is 0 Å². The molecule has 1 N–H and O–H groups in total. The van der Waals surface area contributed by atoms with E-state index in [1.54, 1.807) is 14.2 Å². The molecule has 110 valence electrons. The topological polar surface area (TPSA) is 41.6 Å². The van der Waals surface area contributed by atoms with Crippen LogP contribution in [0.1, 0.15) is 18.4 Å². The Hall–Kier alpha value is -1.07. The summed E-state index contributed by atoms with van der Waals surface area (Å²) in [6, 6.07) is 6.03. The fourth-order valence-corrected chi connectivity index (χ4v) is 2.97. The molecule has 0 aromatic heterocycles. The largest absolute Gasteiger partial charge is 0.497 e. The van der Waals surface area contributed by atoms with Crippen LogP contribution >= 0.6 is 15.9 Å². The predicted octanol–water partition coefficient (Wildman–Crippen LogP) is 2.42. The molecular formula is C15H21BrN2O2. The van der Waals surface area contributed by atoms with Crippen LogP contribution in [0.5, 0.6) is 5.75 Å². The summed E-state index contributed by atoms with van der Waals surface area (Å²) < 4.78 is 6.37. The van der Waals surface area contributed by atoms with Gasteiger partial charge in [-0.2, -0.15) is 0 Å². The molecule has 1 aromatic rings. The highest BCUT2D eigenvalue weighted by Gasteiger charge is 2.24. The number of carbonyl (C=O) groups is 1. The van der Waals surface area contributed by atoms with E-state index < -0.39 is 0 Å². The van der Waals surface area contributed by atoms with E-state index in [0.717, 1.165) is 42.7 Å². The van der Waals surface area contributed by atoms with Gasteiger partial charge < -0.3 is 10.1 Å². The van der Waals surface area contributed by atoms with E-state index in [1.165, 1.54) is 5.56 Å². The average molecular weight is 341 g/mol. The molecule has 20 heavy (non-hydrogen) atoms. The van der Waals surface area contributed by atoms with Crippen molar-refractivity contribution < 1.29 is 9.53 Å². The molecule has 1 amide bonds. The second-order valence-corrected chi connectivity index (χ2v) is 5.98. The van der Waals surface area contributed by atoms with E-state index in [1.807, 2.05) is 12.1 Å². The summed E-state index contributed by atoms with van der Waals surface area (Å²) in [6.45, 7) is 2.81. The molecule has 1 heterocycles. The van der Waals surface area contributed by atoms with Crippen LogP contribution in [0.3, 0.4) is 0 Å². The second kappa shape index (κ2) is 7.09. The Morgan fingerprint density at radius 1 is 1.45 bits per heavy atom. The number of amides is 1. The van der Waals surface area contributed by atoms with Crippen LogP contribution < -0.4 is 10.1 Å². The molecule has 0 unspecified atom stereocenters. The highest BCUT2D eigenvalue weighted by atomic mass is 79.9. The van der Waals surface area contributed by atoms with Crippen LogP contribution in [-0.4, -0.2) is 38.1 Å². The summed E-state index contributed by atoms with van der Waals surface area (Å²) in [5, 5.41) is 2.74. The van der Waals surface area contributed by atoms with Crippen molar-refractivity contribution in [3.8, 4) is 5.75 Å².